The number of hydrogen-bond donors (Lipinski definition) is 0. The molecule has 1 aliphatic heterocycles. The monoisotopic (exact) mass is 250 g/mol. The fourth-order valence-corrected chi connectivity index (χ4v) is 2.45. The van der Waals surface area contributed by atoms with Crippen molar-refractivity contribution >= 4 is 23.7 Å². The highest BCUT2D eigenvalue weighted by Gasteiger charge is 2.32. The Kier molecular flexibility index (Phi) is 4.88. The molecule has 0 aromatic carbocycles. The Morgan fingerprint density at radius 3 is 2.88 bits per heavy atom. The molecule has 0 spiro atoms. The minimum Gasteiger partial charge on any atom is -0.340 e. The minimum atomic E-state index is -3.64. The largest absolute Gasteiger partial charge is 0.340 e. The van der Waals surface area contributed by atoms with E-state index in [2.05, 4.69) is 4.18 Å². The van der Waals surface area contributed by atoms with Gasteiger partial charge in [-0.3, -0.25) is 4.18 Å². The molecule has 0 bridgehead atoms. The zero-order chi connectivity index (χ0) is 12.2. The Morgan fingerprint density at radius 1 is 1.69 bits per heavy atom. The van der Waals surface area contributed by atoms with Crippen LogP contribution in [-0.2, 0) is 19.1 Å². The molecule has 0 amide bonds. The summed E-state index contributed by atoms with van der Waals surface area (Å²) in [6, 6.07) is 0. The number of carbonyl (C=O) groups is 1. The van der Waals surface area contributed by atoms with Gasteiger partial charge in [-0.1, -0.05) is 0 Å². The molecule has 1 radical (unpaired) electrons. The van der Waals surface area contributed by atoms with Crippen LogP contribution in [0.4, 0.5) is 4.39 Å². The van der Waals surface area contributed by atoms with Crippen LogP contribution < -0.4 is 0 Å². The van der Waals surface area contributed by atoms with Crippen molar-refractivity contribution in [2.24, 2.45) is 5.92 Å². The van der Waals surface area contributed by atoms with Crippen LogP contribution in [0.2, 0.25) is 0 Å². The fraction of sp³-hybridized carbons (Fsp3) is 0.875. The van der Waals surface area contributed by atoms with Crippen molar-refractivity contribution in [1.29, 1.82) is 0 Å². The average Bonchev–Trinajstić information content (AvgIpc) is 2.62. The van der Waals surface area contributed by atoms with Crippen LogP contribution in [0.15, 0.2) is 0 Å². The highest BCUT2D eigenvalue weighted by molar-refractivity contribution is 7.86. The van der Waals surface area contributed by atoms with Crippen molar-refractivity contribution in [3.05, 3.63) is 0 Å². The van der Waals surface area contributed by atoms with Crippen molar-refractivity contribution in [3.8, 4) is 0 Å². The van der Waals surface area contributed by atoms with Crippen LogP contribution in [0.25, 0.3) is 0 Å². The van der Waals surface area contributed by atoms with Crippen LogP contribution >= 0.6 is 0 Å². The number of alkyl halides is 1. The van der Waals surface area contributed by atoms with Gasteiger partial charge in [0.2, 0.25) is 0 Å². The maximum atomic E-state index is 12.7. The maximum Gasteiger partial charge on any atom is 0.293 e. The van der Waals surface area contributed by atoms with E-state index in [4.69, 9.17) is 0 Å². The molecule has 1 heterocycles. The molecule has 1 unspecified atom stereocenters. The Bertz CT molecular complexity index is 337. The zero-order valence-corrected chi connectivity index (χ0v) is 9.82. The van der Waals surface area contributed by atoms with Crippen LogP contribution in [0.5, 0.6) is 0 Å². The quantitative estimate of drug-likeness (QED) is 0.359. The maximum absolute atomic E-state index is 12.7. The van der Waals surface area contributed by atoms with Crippen LogP contribution in [0, 0.1) is 5.92 Å². The molecule has 16 heavy (non-hydrogen) atoms. The molecule has 0 aromatic heterocycles. The first-order valence-corrected chi connectivity index (χ1v) is 6.75. The molecule has 91 valence electrons. The normalized spacial score (nSPS) is 24.2. The van der Waals surface area contributed by atoms with Crippen molar-refractivity contribution in [2.45, 2.75) is 12.5 Å². The molecule has 1 rings (SSSR count). The first-order chi connectivity index (χ1) is 7.46. The second kappa shape index (κ2) is 5.74. The lowest BCUT2D eigenvalue weighted by Gasteiger charge is -2.19. The van der Waals surface area contributed by atoms with E-state index >= 15 is 0 Å². The lowest BCUT2D eigenvalue weighted by molar-refractivity contribution is 0.118. The first kappa shape index (κ1) is 13.6. The van der Waals surface area contributed by atoms with Crippen molar-refractivity contribution in [1.82, 2.24) is 4.81 Å². The number of rotatable bonds is 6. The molecule has 0 N–H and O–H groups in total. The average molecular weight is 250 g/mol. The number of hydrogen-bond acceptors (Lipinski definition) is 5. The van der Waals surface area contributed by atoms with E-state index in [1.807, 2.05) is 0 Å². The summed E-state index contributed by atoms with van der Waals surface area (Å²) < 4.78 is 39.1. The fourth-order valence-electron chi connectivity index (χ4n) is 1.80. The molecule has 5 nitrogen and oxygen atoms in total. The molecule has 8 heteroatoms. The van der Waals surface area contributed by atoms with Gasteiger partial charge < -0.3 is 9.61 Å². The SMILES string of the molecule is CS(=O)(=O)OC(CF)[C@H]1CCN([B]C=O)C1. The van der Waals surface area contributed by atoms with Gasteiger partial charge in [0.25, 0.3) is 17.5 Å². The van der Waals surface area contributed by atoms with E-state index in [9.17, 15) is 17.6 Å². The van der Waals surface area contributed by atoms with Gasteiger partial charge in [-0.05, 0) is 19.5 Å². The van der Waals surface area contributed by atoms with Gasteiger partial charge in [-0.25, -0.2) is 4.39 Å². The van der Waals surface area contributed by atoms with E-state index in [1.165, 1.54) is 7.41 Å². The van der Waals surface area contributed by atoms with E-state index in [-0.39, 0.29) is 5.92 Å². The number of carbonyl (C=O) groups excluding carboxylic acids is 1. The third kappa shape index (κ3) is 4.19. The van der Waals surface area contributed by atoms with Gasteiger partial charge in [0.05, 0.1) is 12.4 Å². The lowest BCUT2D eigenvalue weighted by atomic mass is 9.95. The summed E-state index contributed by atoms with van der Waals surface area (Å²) in [5, 5.41) is 0. The summed E-state index contributed by atoms with van der Waals surface area (Å²) in [6.45, 7) is 0.225. The standard InChI is InChI=1S/C8H14BFNO4S/c1-16(13,14)15-8(4-10)7-2-3-11(5-7)9-6-12/h6-8H,2-5H2,1H3/t7-,8?/m0/s1. The summed E-state index contributed by atoms with van der Waals surface area (Å²) in [5.41, 5.74) is 0. The van der Waals surface area contributed by atoms with Crippen molar-refractivity contribution in [3.63, 3.8) is 0 Å². The Morgan fingerprint density at radius 2 is 2.38 bits per heavy atom. The predicted octanol–water partition coefficient (Wildman–Crippen LogP) is -0.568. The highest BCUT2D eigenvalue weighted by atomic mass is 32.2. The van der Waals surface area contributed by atoms with E-state index in [1.54, 1.807) is 4.81 Å². The third-order valence-corrected chi connectivity index (χ3v) is 3.10. The third-order valence-electron chi connectivity index (χ3n) is 2.50. The topological polar surface area (TPSA) is 63.7 Å². The molecule has 1 fully saturated rings. The van der Waals surface area contributed by atoms with E-state index in [0.29, 0.717) is 25.7 Å². The Hall–Kier alpha value is -0.465. The molecule has 0 aliphatic carbocycles. The van der Waals surface area contributed by atoms with Gasteiger partial charge in [-0.2, -0.15) is 8.42 Å². The van der Waals surface area contributed by atoms with Gasteiger partial charge in [0, 0.05) is 5.92 Å². The number of nitrogens with zero attached hydrogens (tertiary/aromatic N) is 1. The molecule has 1 aliphatic rings. The molecule has 0 aromatic rings. The minimum absolute atomic E-state index is 0.198. The molecule has 2 atom stereocenters. The van der Waals surface area contributed by atoms with Gasteiger partial charge >= 0.3 is 0 Å². The predicted molar refractivity (Wildman–Crippen MR) is 57.9 cm³/mol. The summed E-state index contributed by atoms with van der Waals surface area (Å²) in [4.78, 5) is 12.0. The summed E-state index contributed by atoms with van der Waals surface area (Å²) in [7, 11) is -2.27. The zero-order valence-electron chi connectivity index (χ0n) is 9.00. The molecular weight excluding hydrogens is 236 g/mol. The Balaban J connectivity index is 2.52. The van der Waals surface area contributed by atoms with E-state index in [0.717, 1.165) is 6.26 Å². The van der Waals surface area contributed by atoms with Crippen LogP contribution in [-0.4, -0.2) is 59.0 Å². The van der Waals surface area contributed by atoms with E-state index < -0.39 is 22.9 Å². The molecular formula is C8H14BFNO4S. The molecule has 1 saturated heterocycles. The Labute approximate surface area is 95.3 Å². The van der Waals surface area contributed by atoms with Gasteiger partial charge in [0.15, 0.2) is 0 Å². The molecule has 0 saturated carbocycles. The summed E-state index contributed by atoms with van der Waals surface area (Å²) >= 11 is 0. The van der Waals surface area contributed by atoms with Crippen molar-refractivity contribution < 1.29 is 21.8 Å². The lowest BCUT2D eigenvalue weighted by Crippen LogP contribution is -2.32. The second-order valence-corrected chi connectivity index (χ2v) is 5.42. The van der Waals surface area contributed by atoms with Gasteiger partial charge in [0.1, 0.15) is 12.8 Å². The first-order valence-electron chi connectivity index (χ1n) is 4.93. The highest BCUT2D eigenvalue weighted by Crippen LogP contribution is 2.22. The van der Waals surface area contributed by atoms with Crippen LogP contribution in [0.1, 0.15) is 6.42 Å². The van der Waals surface area contributed by atoms with Crippen molar-refractivity contribution in [2.75, 3.05) is 26.0 Å². The van der Waals surface area contributed by atoms with Crippen LogP contribution in [0.3, 0.4) is 0 Å². The summed E-state index contributed by atoms with van der Waals surface area (Å²) in [5.74, 6) is -0.198. The number of halogens is 1. The second-order valence-electron chi connectivity index (χ2n) is 3.82. The summed E-state index contributed by atoms with van der Waals surface area (Å²) in [6.07, 6.45) is 1.23. The smallest absolute Gasteiger partial charge is 0.293 e. The van der Waals surface area contributed by atoms with Gasteiger partial charge in [-0.15, -0.1) is 0 Å².